The van der Waals surface area contributed by atoms with Gasteiger partial charge < -0.3 is 9.80 Å². The Kier molecular flexibility index (Phi) is 4.75. The average Bonchev–Trinajstić information content (AvgIpc) is 2.65. The second-order valence-corrected chi connectivity index (χ2v) is 4.73. The predicted octanol–water partition coefficient (Wildman–Crippen LogP) is 0.946. The maximum atomic E-state index is 11.9. The maximum absolute atomic E-state index is 11.9. The van der Waals surface area contributed by atoms with Gasteiger partial charge in [0.1, 0.15) is 5.92 Å². The second-order valence-electron chi connectivity index (χ2n) is 4.73. The summed E-state index contributed by atoms with van der Waals surface area (Å²) in [6.07, 6.45) is 1.75. The summed E-state index contributed by atoms with van der Waals surface area (Å²) in [6.45, 7) is 4.83. The van der Waals surface area contributed by atoms with Crippen LogP contribution in [0.25, 0.3) is 0 Å². The molecule has 0 aromatic rings. The summed E-state index contributed by atoms with van der Waals surface area (Å²) in [5.41, 5.74) is 0. The quantitative estimate of drug-likeness (QED) is 0.713. The van der Waals surface area contributed by atoms with E-state index in [9.17, 15) is 4.79 Å². The van der Waals surface area contributed by atoms with E-state index in [0.29, 0.717) is 12.3 Å². The zero-order chi connectivity index (χ0) is 12.1. The summed E-state index contributed by atoms with van der Waals surface area (Å²) < 4.78 is 0. The third-order valence-electron chi connectivity index (χ3n) is 3.26. The van der Waals surface area contributed by atoms with Crippen molar-refractivity contribution in [3.63, 3.8) is 0 Å². The third-order valence-corrected chi connectivity index (χ3v) is 3.26. The summed E-state index contributed by atoms with van der Waals surface area (Å²) in [5, 5.41) is 8.84. The molecule has 4 heteroatoms. The van der Waals surface area contributed by atoms with Crippen LogP contribution in [0.2, 0.25) is 0 Å². The van der Waals surface area contributed by atoms with E-state index < -0.39 is 5.92 Å². The molecule has 1 saturated heterocycles. The Balaban J connectivity index is 2.43. The van der Waals surface area contributed by atoms with Crippen molar-refractivity contribution in [2.45, 2.75) is 19.8 Å². The molecule has 0 aliphatic carbocycles. The largest absolute Gasteiger partial charge is 0.344 e. The number of likely N-dealkylation sites (tertiary alicyclic amines) is 1. The van der Waals surface area contributed by atoms with Gasteiger partial charge in [0.05, 0.1) is 6.07 Å². The van der Waals surface area contributed by atoms with E-state index in [1.165, 1.54) is 0 Å². The average molecular weight is 223 g/mol. The van der Waals surface area contributed by atoms with Crippen LogP contribution in [-0.2, 0) is 4.79 Å². The molecule has 0 spiro atoms. The molecule has 1 amide bonds. The van der Waals surface area contributed by atoms with Gasteiger partial charge in [0.25, 0.3) is 0 Å². The van der Waals surface area contributed by atoms with Gasteiger partial charge in [-0.05, 0) is 32.4 Å². The van der Waals surface area contributed by atoms with Gasteiger partial charge in [-0.15, -0.1) is 0 Å². The van der Waals surface area contributed by atoms with Gasteiger partial charge in [0.2, 0.25) is 5.91 Å². The molecule has 1 aliphatic rings. The lowest BCUT2D eigenvalue weighted by Crippen LogP contribution is -2.36. The van der Waals surface area contributed by atoms with E-state index in [1.54, 1.807) is 11.9 Å². The molecule has 0 radical (unpaired) electrons. The first-order valence-electron chi connectivity index (χ1n) is 5.91. The van der Waals surface area contributed by atoms with Crippen LogP contribution < -0.4 is 0 Å². The van der Waals surface area contributed by atoms with Crippen molar-refractivity contribution in [2.24, 2.45) is 11.8 Å². The fourth-order valence-electron chi connectivity index (χ4n) is 2.24. The van der Waals surface area contributed by atoms with E-state index in [4.69, 9.17) is 5.26 Å². The molecular weight excluding hydrogens is 202 g/mol. The summed E-state index contributed by atoms with van der Waals surface area (Å²) in [6, 6.07) is 2.06. The Morgan fingerprint density at radius 3 is 2.81 bits per heavy atom. The topological polar surface area (TPSA) is 47.3 Å². The Labute approximate surface area is 97.8 Å². The van der Waals surface area contributed by atoms with Gasteiger partial charge in [-0.2, -0.15) is 5.26 Å². The molecule has 2 unspecified atom stereocenters. The highest BCUT2D eigenvalue weighted by molar-refractivity contribution is 5.80. The molecule has 0 aromatic carbocycles. The second kappa shape index (κ2) is 5.86. The smallest absolute Gasteiger partial charge is 0.239 e. The lowest BCUT2D eigenvalue weighted by atomic mass is 10.0. The highest BCUT2D eigenvalue weighted by atomic mass is 16.2. The van der Waals surface area contributed by atoms with Crippen molar-refractivity contribution in [3.05, 3.63) is 0 Å². The van der Waals surface area contributed by atoms with E-state index in [2.05, 4.69) is 18.0 Å². The van der Waals surface area contributed by atoms with Crippen LogP contribution in [-0.4, -0.2) is 49.4 Å². The maximum Gasteiger partial charge on any atom is 0.239 e. The minimum Gasteiger partial charge on any atom is -0.344 e. The fraction of sp³-hybridized carbons (Fsp3) is 0.833. The van der Waals surface area contributed by atoms with Gasteiger partial charge in [0.15, 0.2) is 0 Å². The SMILES string of the molecule is CCC(C#N)C(=O)N(C)CC1CCN(C)C1. The number of amides is 1. The van der Waals surface area contributed by atoms with Crippen LogP contribution >= 0.6 is 0 Å². The first kappa shape index (κ1) is 13.0. The van der Waals surface area contributed by atoms with E-state index in [-0.39, 0.29) is 5.91 Å². The van der Waals surface area contributed by atoms with Crippen LogP contribution in [0.5, 0.6) is 0 Å². The minimum absolute atomic E-state index is 0.0282. The van der Waals surface area contributed by atoms with Gasteiger partial charge in [-0.25, -0.2) is 0 Å². The monoisotopic (exact) mass is 223 g/mol. The Morgan fingerprint density at radius 2 is 2.38 bits per heavy atom. The van der Waals surface area contributed by atoms with Crippen molar-refractivity contribution in [2.75, 3.05) is 33.7 Å². The molecule has 1 aliphatic heterocycles. The van der Waals surface area contributed by atoms with Crippen LogP contribution in [0.1, 0.15) is 19.8 Å². The molecule has 4 nitrogen and oxygen atoms in total. The zero-order valence-corrected chi connectivity index (χ0v) is 10.4. The molecule has 90 valence electrons. The number of hydrogen-bond donors (Lipinski definition) is 0. The number of nitriles is 1. The normalized spacial score (nSPS) is 22.8. The van der Waals surface area contributed by atoms with Gasteiger partial charge in [-0.3, -0.25) is 4.79 Å². The summed E-state index contributed by atoms with van der Waals surface area (Å²) >= 11 is 0. The van der Waals surface area contributed by atoms with Crippen molar-refractivity contribution >= 4 is 5.91 Å². The molecule has 1 rings (SSSR count). The highest BCUT2D eigenvalue weighted by Crippen LogP contribution is 2.16. The standard InChI is InChI=1S/C12H21N3O/c1-4-11(7-13)12(16)15(3)9-10-5-6-14(2)8-10/h10-11H,4-6,8-9H2,1-3H3. The van der Waals surface area contributed by atoms with Crippen molar-refractivity contribution in [1.82, 2.24) is 9.80 Å². The third kappa shape index (κ3) is 3.21. The lowest BCUT2D eigenvalue weighted by Gasteiger charge is -2.22. The van der Waals surface area contributed by atoms with Crippen molar-refractivity contribution in [3.8, 4) is 6.07 Å². The van der Waals surface area contributed by atoms with Gasteiger partial charge >= 0.3 is 0 Å². The number of carbonyl (C=O) groups is 1. The molecule has 1 heterocycles. The van der Waals surface area contributed by atoms with E-state index in [0.717, 1.165) is 26.1 Å². The van der Waals surface area contributed by atoms with Crippen molar-refractivity contribution < 1.29 is 4.79 Å². The first-order valence-corrected chi connectivity index (χ1v) is 5.91. The zero-order valence-electron chi connectivity index (χ0n) is 10.4. The Hall–Kier alpha value is -1.08. The Morgan fingerprint density at radius 1 is 1.69 bits per heavy atom. The summed E-state index contributed by atoms with van der Waals surface area (Å²) in [4.78, 5) is 15.9. The van der Waals surface area contributed by atoms with E-state index >= 15 is 0 Å². The van der Waals surface area contributed by atoms with Gasteiger partial charge in [-0.1, -0.05) is 6.92 Å². The molecule has 0 N–H and O–H groups in total. The number of nitrogens with zero attached hydrogens (tertiary/aromatic N) is 3. The molecular formula is C12H21N3O. The van der Waals surface area contributed by atoms with E-state index in [1.807, 2.05) is 6.92 Å². The summed E-state index contributed by atoms with van der Waals surface area (Å²) in [7, 11) is 3.91. The van der Waals surface area contributed by atoms with Crippen molar-refractivity contribution in [1.29, 1.82) is 5.26 Å². The molecule has 1 fully saturated rings. The number of carbonyl (C=O) groups excluding carboxylic acids is 1. The minimum atomic E-state index is -0.468. The summed E-state index contributed by atoms with van der Waals surface area (Å²) in [5.74, 6) is 0.0684. The molecule has 0 saturated carbocycles. The molecule has 0 aromatic heterocycles. The Bertz CT molecular complexity index is 284. The predicted molar refractivity (Wildman–Crippen MR) is 62.6 cm³/mol. The van der Waals surface area contributed by atoms with Crippen LogP contribution in [0, 0.1) is 23.2 Å². The number of rotatable bonds is 4. The molecule has 0 bridgehead atoms. The first-order chi connectivity index (χ1) is 7.58. The molecule has 2 atom stereocenters. The fourth-order valence-corrected chi connectivity index (χ4v) is 2.24. The van der Waals surface area contributed by atoms with Crippen LogP contribution in [0.3, 0.4) is 0 Å². The lowest BCUT2D eigenvalue weighted by molar-refractivity contribution is -0.133. The number of hydrogen-bond acceptors (Lipinski definition) is 3. The van der Waals surface area contributed by atoms with Gasteiger partial charge in [0, 0.05) is 20.1 Å². The highest BCUT2D eigenvalue weighted by Gasteiger charge is 2.25. The van der Waals surface area contributed by atoms with Crippen LogP contribution in [0.15, 0.2) is 0 Å². The molecule has 16 heavy (non-hydrogen) atoms. The van der Waals surface area contributed by atoms with Crippen LogP contribution in [0.4, 0.5) is 0 Å².